The van der Waals surface area contributed by atoms with Gasteiger partial charge in [-0.2, -0.15) is 0 Å². The number of rotatable bonds is 4. The van der Waals surface area contributed by atoms with E-state index in [1.54, 1.807) is 35.4 Å². The monoisotopic (exact) mass is 363 g/mol. The fourth-order valence-corrected chi connectivity index (χ4v) is 3.81. The number of amides is 2. The van der Waals surface area contributed by atoms with E-state index in [1.807, 2.05) is 13.0 Å². The number of thioether (sulfide) groups is 1. The highest BCUT2D eigenvalue weighted by Gasteiger charge is 2.23. The lowest BCUT2D eigenvalue weighted by Gasteiger charge is -2.28. The van der Waals surface area contributed by atoms with Crippen LogP contribution in [0.1, 0.15) is 13.3 Å². The van der Waals surface area contributed by atoms with Gasteiger partial charge in [0, 0.05) is 32.2 Å². The van der Waals surface area contributed by atoms with Gasteiger partial charge in [-0.3, -0.25) is 24.0 Å². The summed E-state index contributed by atoms with van der Waals surface area (Å²) in [6, 6.07) is 5.45. The first kappa shape index (κ1) is 17.6. The predicted molar refractivity (Wildman–Crippen MR) is 98.4 cm³/mol. The van der Waals surface area contributed by atoms with Crippen molar-refractivity contribution in [3.05, 3.63) is 28.7 Å². The van der Waals surface area contributed by atoms with Crippen LogP contribution in [0.5, 0.6) is 0 Å². The summed E-state index contributed by atoms with van der Waals surface area (Å²) in [7, 11) is 3.41. The van der Waals surface area contributed by atoms with Gasteiger partial charge >= 0.3 is 5.69 Å². The molecule has 134 valence electrons. The van der Waals surface area contributed by atoms with Gasteiger partial charge in [0.15, 0.2) is 0 Å². The van der Waals surface area contributed by atoms with Crippen LogP contribution in [0.15, 0.2) is 23.0 Å². The highest BCUT2D eigenvalue weighted by Crippen LogP contribution is 2.18. The summed E-state index contributed by atoms with van der Waals surface area (Å²) in [5.41, 5.74) is 1.82. The average molecular weight is 363 g/mol. The second-order valence-electron chi connectivity index (χ2n) is 6.18. The van der Waals surface area contributed by atoms with Gasteiger partial charge in [0.25, 0.3) is 0 Å². The maximum atomic E-state index is 12.2. The van der Waals surface area contributed by atoms with Gasteiger partial charge in [-0.05, 0) is 25.1 Å². The molecule has 0 saturated carbocycles. The molecule has 0 spiro atoms. The van der Waals surface area contributed by atoms with Gasteiger partial charge in [0.05, 0.1) is 16.8 Å². The van der Waals surface area contributed by atoms with E-state index in [1.165, 1.54) is 11.8 Å². The van der Waals surface area contributed by atoms with Crippen LogP contribution in [-0.2, 0) is 23.7 Å². The molecule has 8 nitrogen and oxygen atoms in total. The number of carbonyl (C=O) groups excluding carboxylic acids is 2. The number of benzene rings is 1. The van der Waals surface area contributed by atoms with Crippen LogP contribution >= 0.6 is 11.8 Å². The maximum absolute atomic E-state index is 12.2. The Balaban J connectivity index is 1.63. The van der Waals surface area contributed by atoms with Gasteiger partial charge in [-0.25, -0.2) is 4.79 Å². The molecule has 0 aliphatic carbocycles. The number of fused-ring (bicyclic) bond motifs is 1. The van der Waals surface area contributed by atoms with Crippen LogP contribution in [0.4, 0.5) is 5.69 Å². The Morgan fingerprint density at radius 3 is 2.72 bits per heavy atom. The largest absolute Gasteiger partial charge is 0.332 e. The van der Waals surface area contributed by atoms with Crippen molar-refractivity contribution in [1.82, 2.24) is 19.8 Å². The molecule has 1 fully saturated rings. The molecule has 1 saturated heterocycles. The zero-order valence-corrected chi connectivity index (χ0v) is 15.1. The predicted octanol–water partition coefficient (Wildman–Crippen LogP) is 0.330. The van der Waals surface area contributed by atoms with Crippen molar-refractivity contribution in [2.75, 3.05) is 11.1 Å². The van der Waals surface area contributed by atoms with E-state index in [2.05, 4.69) is 16.0 Å². The lowest BCUT2D eigenvalue weighted by atomic mass is 10.2. The third-order valence-corrected chi connectivity index (χ3v) is 5.17. The second-order valence-corrected chi connectivity index (χ2v) is 7.28. The van der Waals surface area contributed by atoms with E-state index in [-0.39, 0.29) is 34.8 Å². The molecular weight excluding hydrogens is 342 g/mol. The lowest BCUT2D eigenvalue weighted by Crippen LogP contribution is -2.53. The molecule has 9 heteroatoms. The van der Waals surface area contributed by atoms with Crippen LogP contribution in [-0.4, -0.2) is 38.2 Å². The maximum Gasteiger partial charge on any atom is 0.328 e. The first-order chi connectivity index (χ1) is 11.8. The Morgan fingerprint density at radius 1 is 1.28 bits per heavy atom. The summed E-state index contributed by atoms with van der Waals surface area (Å²) in [4.78, 5) is 35.6. The third-order valence-electron chi connectivity index (χ3n) is 4.16. The Bertz CT molecular complexity index is 888. The average Bonchev–Trinajstić information content (AvgIpc) is 2.77. The van der Waals surface area contributed by atoms with Crippen molar-refractivity contribution in [3.63, 3.8) is 0 Å². The van der Waals surface area contributed by atoms with Crippen molar-refractivity contribution < 1.29 is 9.59 Å². The first-order valence-corrected chi connectivity index (χ1v) is 9.02. The molecule has 2 amide bonds. The van der Waals surface area contributed by atoms with E-state index in [9.17, 15) is 14.4 Å². The third kappa shape index (κ3) is 3.72. The number of nitrogens with zero attached hydrogens (tertiary/aromatic N) is 2. The zero-order valence-electron chi connectivity index (χ0n) is 14.3. The minimum atomic E-state index is -0.264. The van der Waals surface area contributed by atoms with E-state index in [0.717, 1.165) is 11.0 Å². The van der Waals surface area contributed by atoms with E-state index in [0.29, 0.717) is 12.1 Å². The molecule has 1 aliphatic heterocycles. The summed E-state index contributed by atoms with van der Waals surface area (Å²) < 4.78 is 3.11. The van der Waals surface area contributed by atoms with Crippen LogP contribution in [0.3, 0.4) is 0 Å². The molecule has 25 heavy (non-hydrogen) atoms. The number of imidazole rings is 1. The van der Waals surface area contributed by atoms with Crippen molar-refractivity contribution >= 4 is 40.3 Å². The number of anilines is 1. The number of aromatic nitrogens is 2. The lowest BCUT2D eigenvalue weighted by molar-refractivity contribution is -0.123. The molecule has 0 radical (unpaired) electrons. The number of aryl methyl sites for hydroxylation is 2. The smallest absolute Gasteiger partial charge is 0.328 e. The number of hydrogen-bond acceptors (Lipinski definition) is 5. The summed E-state index contributed by atoms with van der Waals surface area (Å²) >= 11 is 1.33. The summed E-state index contributed by atoms with van der Waals surface area (Å²) in [6.07, 6.45) is 0.444. The number of carbonyl (C=O) groups is 2. The summed E-state index contributed by atoms with van der Waals surface area (Å²) in [5, 5.41) is 8.84. The molecular formula is C16H21N5O3S. The Labute approximate surface area is 148 Å². The normalized spacial score (nSPS) is 20.5. The number of hydrogen-bond donors (Lipinski definition) is 3. The molecule has 1 aromatic carbocycles. The van der Waals surface area contributed by atoms with Crippen molar-refractivity contribution in [2.45, 2.75) is 24.9 Å². The van der Waals surface area contributed by atoms with Gasteiger partial charge in [0.2, 0.25) is 11.8 Å². The van der Waals surface area contributed by atoms with Crippen molar-refractivity contribution in [2.24, 2.45) is 14.1 Å². The van der Waals surface area contributed by atoms with E-state index in [4.69, 9.17) is 0 Å². The Morgan fingerprint density at radius 2 is 2.00 bits per heavy atom. The SMILES string of the molecule is CC1CC(=O)NC(SCC(=O)Nc2ccc3c(c2)n(C)c(=O)n3C)N1. The van der Waals surface area contributed by atoms with Gasteiger partial charge < -0.3 is 10.6 Å². The van der Waals surface area contributed by atoms with E-state index < -0.39 is 0 Å². The summed E-state index contributed by atoms with van der Waals surface area (Å²) in [6.45, 7) is 1.94. The minimum absolute atomic E-state index is 0.0143. The highest BCUT2D eigenvalue weighted by atomic mass is 32.2. The molecule has 3 N–H and O–H groups in total. The van der Waals surface area contributed by atoms with Crippen LogP contribution in [0, 0.1) is 0 Å². The molecule has 2 aromatic rings. The fourth-order valence-electron chi connectivity index (χ4n) is 2.87. The van der Waals surface area contributed by atoms with Gasteiger partial charge in [0.1, 0.15) is 5.50 Å². The molecule has 2 unspecified atom stereocenters. The Hall–Kier alpha value is -2.26. The van der Waals surface area contributed by atoms with Gasteiger partial charge in [-0.1, -0.05) is 0 Å². The van der Waals surface area contributed by atoms with Gasteiger partial charge in [-0.15, -0.1) is 11.8 Å². The molecule has 1 aromatic heterocycles. The van der Waals surface area contributed by atoms with Crippen molar-refractivity contribution in [1.29, 1.82) is 0 Å². The fraction of sp³-hybridized carbons (Fsp3) is 0.438. The molecule has 2 atom stereocenters. The standard InChI is InChI=1S/C16H21N5O3S/c1-9-6-13(22)19-15(17-9)25-8-14(23)18-10-4-5-11-12(7-10)21(3)16(24)20(11)2/h4-5,7,9,15,17H,6,8H2,1-3H3,(H,18,23)(H,19,22). The zero-order chi connectivity index (χ0) is 18.1. The second kappa shape index (κ2) is 6.93. The molecule has 0 bridgehead atoms. The number of nitrogens with one attached hydrogen (secondary N) is 3. The summed E-state index contributed by atoms with van der Waals surface area (Å²) in [5.74, 6) is 0.0235. The first-order valence-electron chi connectivity index (χ1n) is 7.97. The van der Waals surface area contributed by atoms with Crippen molar-refractivity contribution in [3.8, 4) is 0 Å². The minimum Gasteiger partial charge on any atom is -0.332 e. The Kier molecular flexibility index (Phi) is 4.87. The van der Waals surface area contributed by atoms with Crippen LogP contribution in [0.2, 0.25) is 0 Å². The van der Waals surface area contributed by atoms with Crippen LogP contribution < -0.4 is 21.6 Å². The van der Waals surface area contributed by atoms with Crippen LogP contribution in [0.25, 0.3) is 11.0 Å². The molecule has 2 heterocycles. The highest BCUT2D eigenvalue weighted by molar-refractivity contribution is 8.00. The molecule has 3 rings (SSSR count). The topological polar surface area (TPSA) is 97.2 Å². The molecule has 1 aliphatic rings. The quantitative estimate of drug-likeness (QED) is 0.727. The van der Waals surface area contributed by atoms with E-state index >= 15 is 0 Å².